The Kier molecular flexibility index (Phi) is 5.12. The van der Waals surface area contributed by atoms with E-state index in [1.165, 1.54) is 11.1 Å². The Morgan fingerprint density at radius 1 is 1.14 bits per heavy atom. The number of hydrogen-bond acceptors (Lipinski definition) is 3. The lowest BCUT2D eigenvalue weighted by atomic mass is 10.1. The molecule has 0 aliphatic rings. The molecule has 4 nitrogen and oxygen atoms in total. The van der Waals surface area contributed by atoms with Gasteiger partial charge in [0.15, 0.2) is 5.11 Å². The molecule has 0 fully saturated rings. The normalized spacial score (nSPS) is 11.1. The number of hydrogen-bond donors (Lipinski definition) is 3. The molecule has 2 rings (SSSR count). The highest BCUT2D eigenvalue weighted by molar-refractivity contribution is 7.80. The minimum atomic E-state index is 0.456. The first-order chi connectivity index (χ1) is 10.5. The summed E-state index contributed by atoms with van der Waals surface area (Å²) in [6.45, 7) is 6.03. The Morgan fingerprint density at radius 3 is 2.59 bits per heavy atom. The van der Waals surface area contributed by atoms with Gasteiger partial charge in [0.25, 0.3) is 0 Å². The van der Waals surface area contributed by atoms with Crippen LogP contribution in [0.5, 0.6) is 0 Å². The molecule has 0 heterocycles. The van der Waals surface area contributed by atoms with Crippen LogP contribution in [0.3, 0.4) is 0 Å². The van der Waals surface area contributed by atoms with Crippen LogP contribution >= 0.6 is 12.2 Å². The molecule has 2 aromatic carbocycles. The smallest absolute Gasteiger partial charge is 0.191 e. The number of nitrogens with zero attached hydrogens (tertiary/aromatic N) is 1. The summed E-state index contributed by atoms with van der Waals surface area (Å²) in [6, 6.07) is 13.6. The van der Waals surface area contributed by atoms with E-state index >= 15 is 0 Å². The van der Waals surface area contributed by atoms with Crippen LogP contribution in [0.4, 0.5) is 11.4 Å². The number of benzene rings is 2. The molecule has 5 heteroatoms. The van der Waals surface area contributed by atoms with Crippen molar-refractivity contribution in [3.63, 3.8) is 0 Å². The maximum absolute atomic E-state index is 5.77. The third-order valence-electron chi connectivity index (χ3n) is 3.48. The second-order valence-electron chi connectivity index (χ2n) is 5.14. The molecule has 0 aliphatic heterocycles. The first-order valence-electron chi connectivity index (χ1n) is 7.01. The average molecular weight is 312 g/mol. The van der Waals surface area contributed by atoms with E-state index in [-0.39, 0.29) is 0 Å². The van der Waals surface area contributed by atoms with Gasteiger partial charge in [0.2, 0.25) is 0 Å². The van der Waals surface area contributed by atoms with Crippen LogP contribution in [0.2, 0.25) is 0 Å². The number of aryl methyl sites for hydroxylation is 1. The largest absolute Gasteiger partial charge is 0.399 e. The molecule has 0 amide bonds. The highest BCUT2D eigenvalue weighted by Crippen LogP contribution is 2.17. The van der Waals surface area contributed by atoms with E-state index in [0.717, 1.165) is 17.0 Å². The predicted octanol–water partition coefficient (Wildman–Crippen LogP) is 3.60. The van der Waals surface area contributed by atoms with Crippen LogP contribution < -0.4 is 16.5 Å². The second kappa shape index (κ2) is 7.04. The Labute approximate surface area is 136 Å². The van der Waals surface area contributed by atoms with E-state index in [1.54, 1.807) is 0 Å². The monoisotopic (exact) mass is 312 g/mol. The molecule has 0 saturated carbocycles. The van der Waals surface area contributed by atoms with Gasteiger partial charge in [-0.2, -0.15) is 5.10 Å². The molecule has 0 atom stereocenters. The maximum Gasteiger partial charge on any atom is 0.191 e. The Balaban J connectivity index is 2.03. The zero-order chi connectivity index (χ0) is 16.1. The second-order valence-corrected chi connectivity index (χ2v) is 5.54. The molecule has 0 aliphatic carbocycles. The zero-order valence-corrected chi connectivity index (χ0v) is 13.8. The summed E-state index contributed by atoms with van der Waals surface area (Å²) >= 11 is 5.28. The Bertz CT molecular complexity index is 722. The fourth-order valence-electron chi connectivity index (χ4n) is 2.00. The fourth-order valence-corrected chi connectivity index (χ4v) is 2.16. The first kappa shape index (κ1) is 16.0. The van der Waals surface area contributed by atoms with Gasteiger partial charge in [-0.3, -0.25) is 5.43 Å². The van der Waals surface area contributed by atoms with Gasteiger partial charge in [-0.25, -0.2) is 0 Å². The third kappa shape index (κ3) is 4.05. The highest BCUT2D eigenvalue weighted by atomic mass is 32.1. The van der Waals surface area contributed by atoms with Crippen LogP contribution in [0, 0.1) is 13.8 Å². The third-order valence-corrected chi connectivity index (χ3v) is 3.68. The summed E-state index contributed by atoms with van der Waals surface area (Å²) in [5, 5.41) is 7.90. The van der Waals surface area contributed by atoms with Crippen LogP contribution in [-0.2, 0) is 0 Å². The number of thiocarbonyl (C=S) groups is 1. The molecule has 22 heavy (non-hydrogen) atoms. The van der Waals surface area contributed by atoms with Crippen LogP contribution in [0.15, 0.2) is 47.6 Å². The maximum atomic E-state index is 5.77. The van der Waals surface area contributed by atoms with Gasteiger partial charge in [0.1, 0.15) is 0 Å². The van der Waals surface area contributed by atoms with Gasteiger partial charge in [0.05, 0.1) is 5.71 Å². The molecule has 0 aromatic heterocycles. The van der Waals surface area contributed by atoms with Crippen molar-refractivity contribution in [2.24, 2.45) is 5.10 Å². The fraction of sp³-hybridized carbons (Fsp3) is 0.176. The van der Waals surface area contributed by atoms with E-state index in [2.05, 4.69) is 35.8 Å². The molecule has 0 saturated heterocycles. The molecule has 114 valence electrons. The van der Waals surface area contributed by atoms with Gasteiger partial charge in [0, 0.05) is 11.4 Å². The van der Waals surface area contributed by atoms with Crippen LogP contribution in [0.25, 0.3) is 0 Å². The SMILES string of the molecule is C/C(=N\NC(=S)Nc1cccc(C)c1C)c1cccc(N)c1. The predicted molar refractivity (Wildman–Crippen MR) is 98.3 cm³/mol. The molecule has 2 aromatic rings. The van der Waals surface area contributed by atoms with E-state index in [1.807, 2.05) is 43.3 Å². The van der Waals surface area contributed by atoms with Crippen LogP contribution in [0.1, 0.15) is 23.6 Å². The molecule has 0 bridgehead atoms. The Hall–Kier alpha value is -2.40. The minimum Gasteiger partial charge on any atom is -0.399 e. The molecule has 0 radical (unpaired) electrons. The van der Waals surface area contributed by atoms with Gasteiger partial charge in [-0.1, -0.05) is 24.3 Å². The van der Waals surface area contributed by atoms with E-state index in [9.17, 15) is 0 Å². The van der Waals surface area contributed by atoms with Gasteiger partial charge >= 0.3 is 0 Å². The molecule has 4 N–H and O–H groups in total. The number of nitrogens with two attached hydrogens (primary N) is 1. The summed E-state index contributed by atoms with van der Waals surface area (Å²) in [6.07, 6.45) is 0. The first-order valence-corrected chi connectivity index (χ1v) is 7.41. The van der Waals surface area contributed by atoms with Crippen molar-refractivity contribution < 1.29 is 0 Å². The average Bonchev–Trinajstić information content (AvgIpc) is 2.49. The van der Waals surface area contributed by atoms with Crippen LogP contribution in [-0.4, -0.2) is 10.8 Å². The van der Waals surface area contributed by atoms with Crippen molar-refractivity contribution in [2.45, 2.75) is 20.8 Å². The van der Waals surface area contributed by atoms with Gasteiger partial charge < -0.3 is 11.1 Å². The zero-order valence-electron chi connectivity index (χ0n) is 13.0. The summed E-state index contributed by atoms with van der Waals surface area (Å²) in [5.41, 5.74) is 14.5. The summed E-state index contributed by atoms with van der Waals surface area (Å²) in [7, 11) is 0. The summed E-state index contributed by atoms with van der Waals surface area (Å²) in [4.78, 5) is 0. The standard InChI is InChI=1S/C17H20N4S/c1-11-6-4-9-16(12(11)2)19-17(22)21-20-13(3)14-7-5-8-15(18)10-14/h4-10H,18H2,1-3H3,(H2,19,21,22)/b20-13+. The lowest BCUT2D eigenvalue weighted by molar-refractivity contribution is 1.04. The topological polar surface area (TPSA) is 62.4 Å². The van der Waals surface area contributed by atoms with Crippen molar-refractivity contribution in [1.29, 1.82) is 0 Å². The van der Waals surface area contributed by atoms with Crippen molar-refractivity contribution >= 4 is 34.4 Å². The summed E-state index contributed by atoms with van der Waals surface area (Å²) in [5.74, 6) is 0. The van der Waals surface area contributed by atoms with Crippen molar-refractivity contribution in [3.05, 3.63) is 59.2 Å². The quantitative estimate of drug-likeness (QED) is 0.351. The van der Waals surface area contributed by atoms with Crippen molar-refractivity contribution in [1.82, 2.24) is 5.43 Å². The molecular formula is C17H20N4S. The molecular weight excluding hydrogens is 292 g/mol. The number of nitrogens with one attached hydrogen (secondary N) is 2. The minimum absolute atomic E-state index is 0.456. The van der Waals surface area contributed by atoms with Crippen molar-refractivity contribution in [2.75, 3.05) is 11.1 Å². The molecule has 0 spiro atoms. The highest BCUT2D eigenvalue weighted by Gasteiger charge is 2.03. The van der Waals surface area contributed by atoms with Gasteiger partial charge in [-0.15, -0.1) is 0 Å². The lowest BCUT2D eigenvalue weighted by Crippen LogP contribution is -2.25. The Morgan fingerprint density at radius 2 is 1.86 bits per heavy atom. The molecule has 0 unspecified atom stereocenters. The number of rotatable bonds is 3. The van der Waals surface area contributed by atoms with Gasteiger partial charge in [-0.05, 0) is 67.9 Å². The van der Waals surface area contributed by atoms with E-state index in [4.69, 9.17) is 18.0 Å². The van der Waals surface area contributed by atoms with Crippen molar-refractivity contribution in [3.8, 4) is 0 Å². The lowest BCUT2D eigenvalue weighted by Gasteiger charge is -2.12. The summed E-state index contributed by atoms with van der Waals surface area (Å²) < 4.78 is 0. The number of nitrogen functional groups attached to an aromatic ring is 1. The van der Waals surface area contributed by atoms with E-state index < -0.39 is 0 Å². The number of hydrazone groups is 1. The van der Waals surface area contributed by atoms with E-state index in [0.29, 0.717) is 10.8 Å². The number of anilines is 2.